The Hall–Kier alpha value is -4.01. The number of fused-ring (bicyclic) bond motifs is 1. The SMILES string of the molecule is Cn1c(N2CCC(=O)NC2=O)cnc1-c1ccc2c(c1)CN(Cc1ccc(Cc3cccc(Cl)c3F)cc1)C2. The number of nitrogens with one attached hydrogen (secondary N) is 1. The van der Waals surface area contributed by atoms with Crippen LogP contribution in [-0.2, 0) is 37.9 Å². The van der Waals surface area contributed by atoms with Gasteiger partial charge in [-0.15, -0.1) is 0 Å². The number of imide groups is 1. The van der Waals surface area contributed by atoms with Crippen molar-refractivity contribution in [3.8, 4) is 11.4 Å². The van der Waals surface area contributed by atoms with E-state index in [9.17, 15) is 14.0 Å². The molecule has 9 heteroatoms. The van der Waals surface area contributed by atoms with E-state index < -0.39 is 6.03 Å². The predicted molar refractivity (Wildman–Crippen MR) is 148 cm³/mol. The second kappa shape index (κ2) is 10.3. The summed E-state index contributed by atoms with van der Waals surface area (Å²) in [4.78, 5) is 32.3. The third kappa shape index (κ3) is 5.05. The maximum absolute atomic E-state index is 14.3. The summed E-state index contributed by atoms with van der Waals surface area (Å²) in [7, 11) is 1.88. The van der Waals surface area contributed by atoms with Crippen molar-refractivity contribution in [2.24, 2.45) is 7.05 Å². The maximum Gasteiger partial charge on any atom is 0.329 e. The Balaban J connectivity index is 1.12. The first-order chi connectivity index (χ1) is 18.9. The number of hydrogen-bond acceptors (Lipinski definition) is 4. The van der Waals surface area contributed by atoms with E-state index in [1.54, 1.807) is 29.3 Å². The first-order valence-corrected chi connectivity index (χ1v) is 13.2. The standard InChI is InChI=1S/C30H27ClFN5O2/c1-35-27(37-12-11-26(38)34-30(37)39)15-33-29(35)22-9-10-23-17-36(18-24(23)14-22)16-20-7-5-19(6-8-20)13-21-3-2-4-25(31)28(21)32/h2-10,14-15H,11-13,16-18H2,1H3,(H,34,38,39). The number of carbonyl (C=O) groups excluding carboxylic acids is 2. The van der Waals surface area contributed by atoms with Gasteiger partial charge in [0.05, 0.1) is 11.2 Å². The molecule has 7 nitrogen and oxygen atoms in total. The molecule has 4 aromatic rings. The van der Waals surface area contributed by atoms with Crippen LogP contribution < -0.4 is 10.2 Å². The Morgan fingerprint density at radius 1 is 1.00 bits per heavy atom. The number of halogens is 2. The van der Waals surface area contributed by atoms with Gasteiger partial charge in [0.2, 0.25) is 5.91 Å². The fourth-order valence-corrected chi connectivity index (χ4v) is 5.54. The molecule has 0 bridgehead atoms. The Bertz CT molecular complexity index is 1580. The van der Waals surface area contributed by atoms with Crippen LogP contribution >= 0.6 is 11.6 Å². The summed E-state index contributed by atoms with van der Waals surface area (Å²) in [6.07, 6.45) is 2.44. The zero-order chi connectivity index (χ0) is 27.1. The van der Waals surface area contributed by atoms with Crippen molar-refractivity contribution in [3.63, 3.8) is 0 Å². The molecule has 3 amide bonds. The van der Waals surface area contributed by atoms with E-state index >= 15 is 0 Å². The van der Waals surface area contributed by atoms with Gasteiger partial charge in [-0.1, -0.05) is 60.1 Å². The molecule has 1 saturated heterocycles. The van der Waals surface area contributed by atoms with Gasteiger partial charge in [-0.2, -0.15) is 0 Å². The molecule has 1 N–H and O–H groups in total. The molecule has 0 spiro atoms. The lowest BCUT2D eigenvalue weighted by atomic mass is 10.0. The second-order valence-corrected chi connectivity index (χ2v) is 10.5. The minimum absolute atomic E-state index is 0.149. The van der Waals surface area contributed by atoms with Crippen molar-refractivity contribution in [2.45, 2.75) is 32.5 Å². The zero-order valence-electron chi connectivity index (χ0n) is 21.5. The highest BCUT2D eigenvalue weighted by Crippen LogP contribution is 2.31. The second-order valence-electron chi connectivity index (χ2n) is 10.1. The minimum Gasteiger partial charge on any atom is -0.314 e. The predicted octanol–water partition coefficient (Wildman–Crippen LogP) is 5.43. The molecule has 0 aliphatic carbocycles. The highest BCUT2D eigenvalue weighted by Gasteiger charge is 2.27. The molecular formula is C30H27ClFN5O2. The third-order valence-corrected chi connectivity index (χ3v) is 7.69. The van der Waals surface area contributed by atoms with Crippen LogP contribution in [0.1, 0.15) is 34.2 Å². The van der Waals surface area contributed by atoms with Crippen molar-refractivity contribution >= 4 is 29.4 Å². The average Bonchev–Trinajstić information content (AvgIpc) is 3.50. The first kappa shape index (κ1) is 25.3. The van der Waals surface area contributed by atoms with Gasteiger partial charge in [-0.25, -0.2) is 14.2 Å². The molecule has 1 aromatic heterocycles. The van der Waals surface area contributed by atoms with Crippen molar-refractivity contribution in [1.29, 1.82) is 0 Å². The molecule has 2 aliphatic heterocycles. The van der Waals surface area contributed by atoms with Gasteiger partial charge in [0.15, 0.2) is 0 Å². The van der Waals surface area contributed by atoms with E-state index in [4.69, 9.17) is 11.6 Å². The number of hydrogen-bond donors (Lipinski definition) is 1. The number of anilines is 1. The van der Waals surface area contributed by atoms with Crippen molar-refractivity contribution < 1.29 is 14.0 Å². The monoisotopic (exact) mass is 543 g/mol. The van der Waals surface area contributed by atoms with E-state index in [0.29, 0.717) is 24.3 Å². The Morgan fingerprint density at radius 3 is 2.56 bits per heavy atom. The number of carbonyl (C=O) groups is 2. The summed E-state index contributed by atoms with van der Waals surface area (Å²) in [6.45, 7) is 2.83. The van der Waals surface area contributed by atoms with Crippen molar-refractivity contribution in [3.05, 3.63) is 106 Å². The molecule has 0 atom stereocenters. The number of imidazole rings is 1. The van der Waals surface area contributed by atoms with Gasteiger partial charge in [0, 0.05) is 51.6 Å². The van der Waals surface area contributed by atoms with Crippen LogP contribution in [0, 0.1) is 5.82 Å². The Kier molecular flexibility index (Phi) is 6.66. The summed E-state index contributed by atoms with van der Waals surface area (Å²) >= 11 is 5.92. The van der Waals surface area contributed by atoms with Gasteiger partial charge < -0.3 is 4.57 Å². The van der Waals surface area contributed by atoms with Gasteiger partial charge in [-0.3, -0.25) is 19.9 Å². The number of amides is 3. The first-order valence-electron chi connectivity index (χ1n) is 12.8. The number of urea groups is 1. The molecule has 0 radical (unpaired) electrons. The van der Waals surface area contributed by atoms with Crippen LogP contribution in [-0.4, -0.2) is 32.9 Å². The molecule has 3 heterocycles. The Labute approximate surface area is 230 Å². The number of rotatable bonds is 6. The van der Waals surface area contributed by atoms with Crippen LogP contribution in [0.25, 0.3) is 11.4 Å². The van der Waals surface area contributed by atoms with Crippen LogP contribution in [0.4, 0.5) is 15.0 Å². The molecule has 39 heavy (non-hydrogen) atoms. The van der Waals surface area contributed by atoms with E-state index in [0.717, 1.165) is 36.6 Å². The highest BCUT2D eigenvalue weighted by molar-refractivity contribution is 6.30. The molecule has 0 saturated carbocycles. The van der Waals surface area contributed by atoms with E-state index in [-0.39, 0.29) is 23.2 Å². The van der Waals surface area contributed by atoms with Gasteiger partial charge >= 0.3 is 6.03 Å². The lowest BCUT2D eigenvalue weighted by molar-refractivity contribution is -0.120. The highest BCUT2D eigenvalue weighted by atomic mass is 35.5. The number of aromatic nitrogens is 2. The lowest BCUT2D eigenvalue weighted by Gasteiger charge is -2.26. The normalized spacial score (nSPS) is 15.5. The molecule has 3 aromatic carbocycles. The largest absolute Gasteiger partial charge is 0.329 e. The molecular weight excluding hydrogens is 517 g/mol. The van der Waals surface area contributed by atoms with Crippen LogP contribution in [0.3, 0.4) is 0 Å². The third-order valence-electron chi connectivity index (χ3n) is 7.40. The average molecular weight is 544 g/mol. The number of benzene rings is 3. The van der Waals surface area contributed by atoms with Crippen LogP contribution in [0.2, 0.25) is 5.02 Å². The Morgan fingerprint density at radius 2 is 1.77 bits per heavy atom. The van der Waals surface area contributed by atoms with E-state index in [2.05, 4.69) is 45.5 Å². The minimum atomic E-state index is -0.421. The summed E-state index contributed by atoms with van der Waals surface area (Å²) in [6, 6.07) is 19.4. The zero-order valence-corrected chi connectivity index (χ0v) is 22.2. The van der Waals surface area contributed by atoms with Gasteiger partial charge in [-0.05, 0) is 39.9 Å². The fraction of sp³-hybridized carbons (Fsp3) is 0.233. The van der Waals surface area contributed by atoms with Gasteiger partial charge in [0.25, 0.3) is 0 Å². The lowest BCUT2D eigenvalue weighted by Crippen LogP contribution is -2.50. The quantitative estimate of drug-likeness (QED) is 0.352. The molecule has 6 rings (SSSR count). The summed E-state index contributed by atoms with van der Waals surface area (Å²) in [5, 5.41) is 2.51. The number of nitrogens with zero attached hydrogens (tertiary/aromatic N) is 4. The summed E-state index contributed by atoms with van der Waals surface area (Å²) in [5.74, 6) is 0.805. The molecule has 198 valence electrons. The van der Waals surface area contributed by atoms with Crippen molar-refractivity contribution in [1.82, 2.24) is 19.8 Å². The summed E-state index contributed by atoms with van der Waals surface area (Å²) in [5.41, 5.74) is 6.36. The smallest absolute Gasteiger partial charge is 0.314 e. The maximum atomic E-state index is 14.3. The van der Waals surface area contributed by atoms with Crippen molar-refractivity contribution in [2.75, 3.05) is 11.4 Å². The summed E-state index contributed by atoms with van der Waals surface area (Å²) < 4.78 is 16.2. The van der Waals surface area contributed by atoms with Gasteiger partial charge in [0.1, 0.15) is 17.5 Å². The molecule has 1 fully saturated rings. The van der Waals surface area contributed by atoms with Crippen LogP contribution in [0.5, 0.6) is 0 Å². The molecule has 0 unspecified atom stereocenters. The molecule has 2 aliphatic rings. The van der Waals surface area contributed by atoms with E-state index in [1.807, 2.05) is 23.7 Å². The van der Waals surface area contributed by atoms with Crippen LogP contribution in [0.15, 0.2) is 66.9 Å². The van der Waals surface area contributed by atoms with E-state index in [1.165, 1.54) is 16.7 Å². The topological polar surface area (TPSA) is 70.5 Å². The fourth-order valence-electron chi connectivity index (χ4n) is 5.34.